The maximum Gasteiger partial charge on any atom is 0.295 e. The van der Waals surface area contributed by atoms with Crippen LogP contribution in [-0.2, 0) is 17.1 Å². The Kier molecular flexibility index (Phi) is 6.24. The third kappa shape index (κ3) is 4.37. The zero-order valence-electron chi connectivity index (χ0n) is 18.9. The van der Waals surface area contributed by atoms with E-state index in [1.165, 1.54) is 33.3 Å². The fraction of sp³-hybridized carbons (Fsp3) is 0.304. The number of piperazine rings is 1. The highest BCUT2D eigenvalue weighted by molar-refractivity contribution is 7.89. The molecule has 4 rings (SSSR count). The maximum atomic E-state index is 13.1. The summed E-state index contributed by atoms with van der Waals surface area (Å²) in [6, 6.07) is 15.0. The van der Waals surface area contributed by atoms with E-state index in [0.717, 1.165) is 0 Å². The van der Waals surface area contributed by atoms with Crippen LogP contribution >= 0.6 is 0 Å². The van der Waals surface area contributed by atoms with Gasteiger partial charge in [0.1, 0.15) is 5.69 Å². The van der Waals surface area contributed by atoms with E-state index in [4.69, 9.17) is 0 Å². The molecule has 0 atom stereocenters. The quantitative estimate of drug-likeness (QED) is 0.613. The number of carbonyl (C=O) groups excluding carboxylic acids is 1. The standard InChI is InChI=1S/C23H27N5O4S/c1-17-21(23(30)28(26(17)3)19-9-5-4-6-10-19)24-22(29)18-8-7-11-20(16-18)33(31,32)27-14-12-25(2)13-15-27/h4-11,16H,12-15H2,1-3H3,(H,24,29). The summed E-state index contributed by atoms with van der Waals surface area (Å²) in [4.78, 5) is 28.2. The molecule has 2 aromatic carbocycles. The topological polar surface area (TPSA) is 96.7 Å². The highest BCUT2D eigenvalue weighted by Crippen LogP contribution is 2.20. The van der Waals surface area contributed by atoms with Crippen LogP contribution in [0.3, 0.4) is 0 Å². The van der Waals surface area contributed by atoms with Crippen molar-refractivity contribution in [3.05, 3.63) is 76.2 Å². The maximum absolute atomic E-state index is 13.1. The van der Waals surface area contributed by atoms with E-state index < -0.39 is 15.9 Å². The summed E-state index contributed by atoms with van der Waals surface area (Å²) in [7, 11) is -0.0232. The predicted octanol–water partition coefficient (Wildman–Crippen LogP) is 1.67. The van der Waals surface area contributed by atoms with Crippen molar-refractivity contribution in [2.75, 3.05) is 38.5 Å². The number of amides is 1. The molecule has 0 bridgehead atoms. The SMILES string of the molecule is Cc1c(NC(=O)c2cccc(S(=O)(=O)N3CCN(C)CC3)c2)c(=O)n(-c2ccccc2)n1C. The summed E-state index contributed by atoms with van der Waals surface area (Å²) in [5.41, 5.74) is 1.21. The number of nitrogens with zero attached hydrogens (tertiary/aromatic N) is 4. The van der Waals surface area contributed by atoms with Crippen LogP contribution in [0, 0.1) is 6.92 Å². The van der Waals surface area contributed by atoms with E-state index in [0.29, 0.717) is 37.6 Å². The monoisotopic (exact) mass is 469 g/mol. The number of anilines is 1. The van der Waals surface area contributed by atoms with Crippen molar-refractivity contribution in [3.8, 4) is 5.69 Å². The first-order valence-electron chi connectivity index (χ1n) is 10.6. The molecule has 9 nitrogen and oxygen atoms in total. The lowest BCUT2D eigenvalue weighted by Crippen LogP contribution is -2.47. The van der Waals surface area contributed by atoms with Crippen LogP contribution in [0.15, 0.2) is 64.3 Å². The number of nitrogens with one attached hydrogen (secondary N) is 1. The van der Waals surface area contributed by atoms with Gasteiger partial charge in [0.05, 0.1) is 16.3 Å². The smallest absolute Gasteiger partial charge is 0.295 e. The summed E-state index contributed by atoms with van der Waals surface area (Å²) in [6.45, 7) is 3.85. The summed E-state index contributed by atoms with van der Waals surface area (Å²) in [6.07, 6.45) is 0. The normalized spacial score (nSPS) is 15.5. The molecule has 1 saturated heterocycles. The van der Waals surface area contributed by atoms with Crippen molar-refractivity contribution >= 4 is 21.6 Å². The lowest BCUT2D eigenvalue weighted by molar-refractivity contribution is 0.102. The molecule has 1 aromatic heterocycles. The van der Waals surface area contributed by atoms with Crippen molar-refractivity contribution in [1.29, 1.82) is 0 Å². The molecule has 1 aliphatic rings. The molecule has 0 aliphatic carbocycles. The molecule has 0 spiro atoms. The fourth-order valence-electron chi connectivity index (χ4n) is 3.87. The number of aromatic nitrogens is 2. The third-order valence-electron chi connectivity index (χ3n) is 5.99. The first kappa shape index (κ1) is 23.0. The molecular weight excluding hydrogens is 442 g/mol. The summed E-state index contributed by atoms with van der Waals surface area (Å²) >= 11 is 0. The lowest BCUT2D eigenvalue weighted by atomic mass is 10.2. The molecule has 1 N–H and O–H groups in total. The first-order chi connectivity index (χ1) is 15.7. The molecule has 10 heteroatoms. The Morgan fingerprint density at radius 1 is 0.939 bits per heavy atom. The molecule has 1 amide bonds. The van der Waals surface area contributed by atoms with Gasteiger partial charge in [0, 0.05) is 38.8 Å². The van der Waals surface area contributed by atoms with E-state index in [-0.39, 0.29) is 21.7 Å². The van der Waals surface area contributed by atoms with E-state index in [1.807, 2.05) is 25.2 Å². The zero-order valence-corrected chi connectivity index (χ0v) is 19.7. The number of rotatable bonds is 5. The average molecular weight is 470 g/mol. The molecule has 0 unspecified atom stereocenters. The lowest BCUT2D eigenvalue weighted by Gasteiger charge is -2.31. The van der Waals surface area contributed by atoms with Gasteiger partial charge in [-0.1, -0.05) is 24.3 Å². The van der Waals surface area contributed by atoms with Crippen LogP contribution < -0.4 is 10.9 Å². The summed E-state index contributed by atoms with van der Waals surface area (Å²) in [5.74, 6) is -0.545. The van der Waals surface area contributed by atoms with Crippen LogP contribution in [-0.4, -0.2) is 66.1 Å². The second kappa shape index (κ2) is 8.97. The largest absolute Gasteiger partial charge is 0.316 e. The Hall–Kier alpha value is -3.21. The van der Waals surface area contributed by atoms with Crippen molar-refractivity contribution in [3.63, 3.8) is 0 Å². The number of likely N-dealkylation sites (N-methyl/N-ethyl adjacent to an activating group) is 1. The van der Waals surface area contributed by atoms with Gasteiger partial charge >= 0.3 is 0 Å². The van der Waals surface area contributed by atoms with Crippen LogP contribution in [0.5, 0.6) is 0 Å². The minimum atomic E-state index is -3.71. The third-order valence-corrected chi connectivity index (χ3v) is 7.88. The van der Waals surface area contributed by atoms with Crippen LogP contribution in [0.4, 0.5) is 5.69 Å². The number of carbonyl (C=O) groups is 1. The van der Waals surface area contributed by atoms with E-state index in [1.54, 1.807) is 30.8 Å². The number of sulfonamides is 1. The number of para-hydroxylation sites is 1. The molecule has 2 heterocycles. The Morgan fingerprint density at radius 3 is 2.27 bits per heavy atom. The van der Waals surface area contributed by atoms with Gasteiger partial charge in [0.2, 0.25) is 10.0 Å². The van der Waals surface area contributed by atoms with Gasteiger partial charge in [0.25, 0.3) is 11.5 Å². The van der Waals surface area contributed by atoms with Gasteiger partial charge in [-0.2, -0.15) is 4.31 Å². The predicted molar refractivity (Wildman–Crippen MR) is 126 cm³/mol. The van der Waals surface area contributed by atoms with Gasteiger partial charge in [-0.3, -0.25) is 14.3 Å². The Morgan fingerprint density at radius 2 is 1.61 bits per heavy atom. The Balaban J connectivity index is 1.61. The summed E-state index contributed by atoms with van der Waals surface area (Å²) < 4.78 is 30.7. The molecule has 174 valence electrons. The van der Waals surface area contributed by atoms with E-state index >= 15 is 0 Å². The van der Waals surface area contributed by atoms with Crippen LogP contribution in [0.25, 0.3) is 5.69 Å². The molecule has 0 radical (unpaired) electrons. The van der Waals surface area contributed by atoms with E-state index in [2.05, 4.69) is 10.2 Å². The van der Waals surface area contributed by atoms with Crippen molar-refractivity contribution in [1.82, 2.24) is 18.6 Å². The van der Waals surface area contributed by atoms with Gasteiger partial charge in [-0.15, -0.1) is 0 Å². The highest BCUT2D eigenvalue weighted by Gasteiger charge is 2.28. The first-order valence-corrected chi connectivity index (χ1v) is 12.1. The van der Waals surface area contributed by atoms with Gasteiger partial charge in [0.15, 0.2) is 0 Å². The van der Waals surface area contributed by atoms with Gasteiger partial charge in [-0.05, 0) is 44.3 Å². The fourth-order valence-corrected chi connectivity index (χ4v) is 5.34. The minimum Gasteiger partial charge on any atom is -0.316 e. The molecule has 1 fully saturated rings. The van der Waals surface area contributed by atoms with Gasteiger partial charge in [-0.25, -0.2) is 13.1 Å². The molecular formula is C23H27N5O4S. The van der Waals surface area contributed by atoms with Crippen LogP contribution in [0.2, 0.25) is 0 Å². The second-order valence-electron chi connectivity index (χ2n) is 8.13. The van der Waals surface area contributed by atoms with Crippen molar-refractivity contribution < 1.29 is 13.2 Å². The van der Waals surface area contributed by atoms with Crippen LogP contribution in [0.1, 0.15) is 16.1 Å². The highest BCUT2D eigenvalue weighted by atomic mass is 32.2. The number of hydrogen-bond acceptors (Lipinski definition) is 5. The molecule has 3 aromatic rings. The Labute approximate surface area is 192 Å². The average Bonchev–Trinajstić information content (AvgIpc) is 3.03. The molecule has 0 saturated carbocycles. The van der Waals surface area contributed by atoms with Gasteiger partial charge < -0.3 is 10.2 Å². The summed E-state index contributed by atoms with van der Waals surface area (Å²) in [5, 5.41) is 2.68. The minimum absolute atomic E-state index is 0.0613. The van der Waals surface area contributed by atoms with Crippen molar-refractivity contribution in [2.24, 2.45) is 7.05 Å². The molecule has 1 aliphatic heterocycles. The number of hydrogen-bond donors (Lipinski definition) is 1. The molecule has 33 heavy (non-hydrogen) atoms. The van der Waals surface area contributed by atoms with Crippen molar-refractivity contribution in [2.45, 2.75) is 11.8 Å². The Bertz CT molecular complexity index is 1340. The second-order valence-corrected chi connectivity index (χ2v) is 10.1. The van der Waals surface area contributed by atoms with E-state index in [9.17, 15) is 18.0 Å². The zero-order chi connectivity index (χ0) is 23.8. The number of benzene rings is 2.